The highest BCUT2D eigenvalue weighted by molar-refractivity contribution is 5.73. The molecule has 1 fully saturated rings. The van der Waals surface area contributed by atoms with Gasteiger partial charge in [0.1, 0.15) is 6.04 Å². The highest BCUT2D eigenvalue weighted by Gasteiger charge is 2.33. The molecule has 3 heteroatoms. The number of hydrogen-bond acceptors (Lipinski definition) is 2. The molecule has 1 aliphatic carbocycles. The molecule has 0 saturated heterocycles. The Morgan fingerprint density at radius 2 is 2.00 bits per heavy atom. The number of carboxylic acid groups (broad SMARTS) is 1. The third kappa shape index (κ3) is 2.71. The maximum atomic E-state index is 10.7. The maximum Gasteiger partial charge on any atom is 0.320 e. The lowest BCUT2D eigenvalue weighted by Crippen LogP contribution is -2.38. The van der Waals surface area contributed by atoms with E-state index >= 15 is 0 Å². The van der Waals surface area contributed by atoms with Crippen molar-refractivity contribution >= 4 is 5.97 Å². The van der Waals surface area contributed by atoms with Crippen molar-refractivity contribution in [3.8, 4) is 0 Å². The standard InChI is InChI=1S/C11H21NO2/c1-2-11(6-4-3-5-7-11)8-9(12)10(13)14/h9H,2-8,12H2,1H3,(H,13,14). The van der Waals surface area contributed by atoms with Gasteiger partial charge in [-0.1, -0.05) is 32.6 Å². The van der Waals surface area contributed by atoms with Gasteiger partial charge in [-0.2, -0.15) is 0 Å². The molecule has 0 aliphatic heterocycles. The van der Waals surface area contributed by atoms with Gasteiger partial charge in [0, 0.05) is 0 Å². The first-order valence-corrected chi connectivity index (χ1v) is 5.58. The van der Waals surface area contributed by atoms with E-state index in [1.807, 2.05) is 0 Å². The normalized spacial score (nSPS) is 23.0. The fraction of sp³-hybridized carbons (Fsp3) is 0.909. The van der Waals surface area contributed by atoms with E-state index in [2.05, 4.69) is 6.92 Å². The summed E-state index contributed by atoms with van der Waals surface area (Å²) in [6.07, 6.45) is 7.80. The molecule has 3 nitrogen and oxygen atoms in total. The van der Waals surface area contributed by atoms with Gasteiger partial charge >= 0.3 is 5.97 Å². The molecule has 3 N–H and O–H groups in total. The minimum absolute atomic E-state index is 0.218. The zero-order chi connectivity index (χ0) is 10.6. The average Bonchev–Trinajstić information content (AvgIpc) is 2.19. The molecule has 1 saturated carbocycles. The van der Waals surface area contributed by atoms with Crippen LogP contribution in [0, 0.1) is 5.41 Å². The van der Waals surface area contributed by atoms with Crippen LogP contribution in [0.2, 0.25) is 0 Å². The van der Waals surface area contributed by atoms with Gasteiger partial charge in [-0.05, 0) is 24.7 Å². The SMILES string of the molecule is CCC1(CC(N)C(=O)O)CCCCC1. The summed E-state index contributed by atoms with van der Waals surface area (Å²) < 4.78 is 0. The predicted molar refractivity (Wildman–Crippen MR) is 56.0 cm³/mol. The first-order valence-electron chi connectivity index (χ1n) is 5.58. The largest absolute Gasteiger partial charge is 0.480 e. The Balaban J connectivity index is 2.55. The molecule has 1 atom stereocenters. The van der Waals surface area contributed by atoms with E-state index < -0.39 is 12.0 Å². The highest BCUT2D eigenvalue weighted by Crippen LogP contribution is 2.42. The smallest absolute Gasteiger partial charge is 0.320 e. The number of rotatable bonds is 4. The van der Waals surface area contributed by atoms with Crippen LogP contribution in [0.1, 0.15) is 51.9 Å². The van der Waals surface area contributed by atoms with Crippen LogP contribution >= 0.6 is 0 Å². The molecule has 0 aromatic heterocycles. The van der Waals surface area contributed by atoms with Gasteiger partial charge in [0.15, 0.2) is 0 Å². The Kier molecular flexibility index (Phi) is 3.93. The Morgan fingerprint density at radius 3 is 2.43 bits per heavy atom. The highest BCUT2D eigenvalue weighted by atomic mass is 16.4. The Bertz CT molecular complexity index is 197. The molecular formula is C11H21NO2. The molecule has 0 amide bonds. The lowest BCUT2D eigenvalue weighted by Gasteiger charge is -2.37. The molecule has 14 heavy (non-hydrogen) atoms. The van der Waals surface area contributed by atoms with Crippen molar-refractivity contribution in [2.75, 3.05) is 0 Å². The minimum atomic E-state index is -0.858. The molecule has 82 valence electrons. The summed E-state index contributed by atoms with van der Waals surface area (Å²) in [5.41, 5.74) is 5.83. The van der Waals surface area contributed by atoms with Gasteiger partial charge in [-0.15, -0.1) is 0 Å². The van der Waals surface area contributed by atoms with Crippen LogP contribution in [0.15, 0.2) is 0 Å². The summed E-state index contributed by atoms with van der Waals surface area (Å²) in [6, 6.07) is -0.673. The summed E-state index contributed by atoms with van der Waals surface area (Å²) in [6.45, 7) is 2.15. The minimum Gasteiger partial charge on any atom is -0.480 e. The van der Waals surface area contributed by atoms with E-state index in [4.69, 9.17) is 10.8 Å². The lowest BCUT2D eigenvalue weighted by molar-refractivity contribution is -0.139. The van der Waals surface area contributed by atoms with E-state index in [-0.39, 0.29) is 5.41 Å². The van der Waals surface area contributed by atoms with Gasteiger partial charge in [-0.25, -0.2) is 0 Å². The summed E-state index contributed by atoms with van der Waals surface area (Å²) in [7, 11) is 0. The van der Waals surface area contributed by atoms with Crippen molar-refractivity contribution in [1.82, 2.24) is 0 Å². The number of carbonyl (C=O) groups is 1. The zero-order valence-electron chi connectivity index (χ0n) is 8.96. The van der Waals surface area contributed by atoms with Crippen molar-refractivity contribution in [3.05, 3.63) is 0 Å². The molecule has 0 radical (unpaired) electrons. The molecule has 1 unspecified atom stereocenters. The van der Waals surface area contributed by atoms with Gasteiger partial charge in [-0.3, -0.25) is 4.79 Å². The van der Waals surface area contributed by atoms with Crippen LogP contribution in [0.3, 0.4) is 0 Å². The average molecular weight is 199 g/mol. The van der Waals surface area contributed by atoms with E-state index in [0.29, 0.717) is 6.42 Å². The lowest BCUT2D eigenvalue weighted by atomic mass is 9.69. The molecule has 0 heterocycles. The second-order valence-electron chi connectivity index (χ2n) is 4.56. The summed E-state index contributed by atoms with van der Waals surface area (Å²) in [5, 5.41) is 8.80. The van der Waals surface area contributed by atoms with Crippen LogP contribution < -0.4 is 5.73 Å². The Hall–Kier alpha value is -0.570. The Morgan fingerprint density at radius 1 is 1.43 bits per heavy atom. The molecule has 0 aromatic rings. The monoisotopic (exact) mass is 199 g/mol. The van der Waals surface area contributed by atoms with Crippen LogP contribution in [0.25, 0.3) is 0 Å². The van der Waals surface area contributed by atoms with E-state index in [9.17, 15) is 4.79 Å². The second-order valence-corrected chi connectivity index (χ2v) is 4.56. The molecular weight excluding hydrogens is 178 g/mol. The van der Waals surface area contributed by atoms with Gasteiger partial charge < -0.3 is 10.8 Å². The predicted octanol–water partition coefficient (Wildman–Crippen LogP) is 2.15. The third-order valence-corrected chi connectivity index (χ3v) is 3.63. The van der Waals surface area contributed by atoms with E-state index in [1.165, 1.54) is 19.3 Å². The fourth-order valence-corrected chi connectivity index (χ4v) is 2.56. The Labute approximate surface area is 85.7 Å². The quantitative estimate of drug-likeness (QED) is 0.729. The van der Waals surface area contributed by atoms with Gasteiger partial charge in [0.25, 0.3) is 0 Å². The van der Waals surface area contributed by atoms with Crippen molar-refractivity contribution in [2.45, 2.75) is 57.9 Å². The van der Waals surface area contributed by atoms with Gasteiger partial charge in [0.05, 0.1) is 0 Å². The second kappa shape index (κ2) is 4.78. The van der Waals surface area contributed by atoms with Crippen LogP contribution in [-0.2, 0) is 4.79 Å². The number of hydrogen-bond donors (Lipinski definition) is 2. The third-order valence-electron chi connectivity index (χ3n) is 3.63. The van der Waals surface area contributed by atoms with E-state index in [1.54, 1.807) is 0 Å². The number of nitrogens with two attached hydrogens (primary N) is 1. The summed E-state index contributed by atoms with van der Waals surface area (Å²) in [4.78, 5) is 10.7. The first-order chi connectivity index (χ1) is 6.59. The number of aliphatic carboxylic acids is 1. The molecule has 1 aliphatic rings. The van der Waals surface area contributed by atoms with Crippen LogP contribution in [0.5, 0.6) is 0 Å². The van der Waals surface area contributed by atoms with E-state index in [0.717, 1.165) is 19.3 Å². The van der Waals surface area contributed by atoms with Crippen LogP contribution in [-0.4, -0.2) is 17.1 Å². The van der Waals surface area contributed by atoms with Crippen LogP contribution in [0.4, 0.5) is 0 Å². The van der Waals surface area contributed by atoms with Crippen molar-refractivity contribution in [2.24, 2.45) is 11.1 Å². The van der Waals surface area contributed by atoms with Gasteiger partial charge in [0.2, 0.25) is 0 Å². The van der Waals surface area contributed by atoms with Crippen molar-refractivity contribution < 1.29 is 9.90 Å². The van der Waals surface area contributed by atoms with Crippen molar-refractivity contribution in [1.29, 1.82) is 0 Å². The summed E-state index contributed by atoms with van der Waals surface area (Å²) >= 11 is 0. The summed E-state index contributed by atoms with van der Waals surface area (Å²) in [5.74, 6) is -0.858. The zero-order valence-corrected chi connectivity index (χ0v) is 8.96. The molecule has 0 spiro atoms. The molecule has 0 bridgehead atoms. The molecule has 0 aromatic carbocycles. The van der Waals surface area contributed by atoms with Crippen molar-refractivity contribution in [3.63, 3.8) is 0 Å². The number of carboxylic acids is 1. The first kappa shape index (κ1) is 11.5. The fourth-order valence-electron chi connectivity index (χ4n) is 2.56. The molecule has 1 rings (SSSR count). The maximum absolute atomic E-state index is 10.7. The topological polar surface area (TPSA) is 63.3 Å².